The number of nitrogens with one attached hydrogen (secondary N) is 2. The van der Waals surface area contributed by atoms with Gasteiger partial charge < -0.3 is 15.5 Å². The van der Waals surface area contributed by atoms with Gasteiger partial charge in [-0.15, -0.1) is 5.10 Å². The molecule has 2 atom stereocenters. The molecule has 9 heteroatoms. The van der Waals surface area contributed by atoms with Crippen molar-refractivity contribution in [2.45, 2.75) is 39.3 Å². The molecular formula is C28H29N7O2. The van der Waals surface area contributed by atoms with Crippen LogP contribution < -0.4 is 15.5 Å². The molecule has 0 unspecified atom stereocenters. The van der Waals surface area contributed by atoms with Crippen LogP contribution >= 0.6 is 0 Å². The molecule has 0 radical (unpaired) electrons. The minimum absolute atomic E-state index is 0.00132. The predicted octanol–water partition coefficient (Wildman–Crippen LogP) is 4.80. The minimum Gasteiger partial charge on any atom is -0.378 e. The summed E-state index contributed by atoms with van der Waals surface area (Å²) in [7, 11) is 1.81. The number of aryl methyl sites for hydroxylation is 1. The van der Waals surface area contributed by atoms with Crippen LogP contribution in [-0.2, 0) is 16.6 Å². The van der Waals surface area contributed by atoms with Gasteiger partial charge in [-0.05, 0) is 89.0 Å². The predicted molar refractivity (Wildman–Crippen MR) is 144 cm³/mol. The number of hydrogen-bond donors (Lipinski definition) is 2. The maximum atomic E-state index is 12.6. The van der Waals surface area contributed by atoms with E-state index in [-0.39, 0.29) is 23.9 Å². The average molecular weight is 496 g/mol. The summed E-state index contributed by atoms with van der Waals surface area (Å²) in [4.78, 5) is 26.0. The van der Waals surface area contributed by atoms with Crippen molar-refractivity contribution in [3.8, 4) is 22.5 Å². The first-order valence-electron chi connectivity index (χ1n) is 12.2. The van der Waals surface area contributed by atoms with E-state index in [1.165, 1.54) is 6.92 Å². The first-order valence-corrected chi connectivity index (χ1v) is 12.2. The van der Waals surface area contributed by atoms with Crippen LogP contribution in [0, 0.1) is 0 Å². The van der Waals surface area contributed by atoms with Crippen molar-refractivity contribution in [3.05, 3.63) is 72.3 Å². The largest absolute Gasteiger partial charge is 0.378 e. The van der Waals surface area contributed by atoms with Crippen LogP contribution in [0.1, 0.15) is 38.8 Å². The highest BCUT2D eigenvalue weighted by molar-refractivity contribution is 5.94. The van der Waals surface area contributed by atoms with Crippen molar-refractivity contribution in [1.82, 2.24) is 20.2 Å². The summed E-state index contributed by atoms with van der Waals surface area (Å²) in [6, 6.07) is 22.0. The van der Waals surface area contributed by atoms with Crippen molar-refractivity contribution in [1.29, 1.82) is 0 Å². The van der Waals surface area contributed by atoms with Crippen molar-refractivity contribution < 1.29 is 9.59 Å². The topological polar surface area (TPSA) is 105 Å². The van der Waals surface area contributed by atoms with Gasteiger partial charge in [0.1, 0.15) is 0 Å². The van der Waals surface area contributed by atoms with Crippen LogP contribution in [0.15, 0.2) is 66.7 Å². The Bertz CT molecular complexity index is 1460. The molecule has 0 aliphatic carbocycles. The highest BCUT2D eigenvalue weighted by Crippen LogP contribution is 2.41. The number of anilines is 3. The number of tetrazole rings is 1. The molecule has 2 heterocycles. The van der Waals surface area contributed by atoms with E-state index >= 15 is 0 Å². The lowest BCUT2D eigenvalue weighted by Gasteiger charge is -2.39. The van der Waals surface area contributed by atoms with E-state index in [0.29, 0.717) is 5.82 Å². The van der Waals surface area contributed by atoms with E-state index in [1.54, 1.807) is 11.6 Å². The van der Waals surface area contributed by atoms with E-state index in [1.807, 2.05) is 72.6 Å². The van der Waals surface area contributed by atoms with Crippen molar-refractivity contribution in [2.75, 3.05) is 15.5 Å². The van der Waals surface area contributed by atoms with E-state index in [9.17, 15) is 9.59 Å². The fourth-order valence-electron chi connectivity index (χ4n) is 5.03. The number of amides is 2. The Kier molecular flexibility index (Phi) is 6.43. The number of carbonyl (C=O) groups is 2. The van der Waals surface area contributed by atoms with Gasteiger partial charge in [0.05, 0.1) is 6.04 Å². The Hall–Kier alpha value is -4.53. The van der Waals surface area contributed by atoms with Gasteiger partial charge >= 0.3 is 0 Å². The van der Waals surface area contributed by atoms with Crippen molar-refractivity contribution in [2.24, 2.45) is 7.05 Å². The fourth-order valence-corrected chi connectivity index (χ4v) is 5.03. The number of carbonyl (C=O) groups excluding carboxylic acids is 2. The number of benzene rings is 3. The molecule has 4 aromatic rings. The number of fused-ring (bicyclic) bond motifs is 1. The van der Waals surface area contributed by atoms with E-state index < -0.39 is 0 Å². The number of rotatable bonds is 5. The monoisotopic (exact) mass is 495 g/mol. The quantitative estimate of drug-likeness (QED) is 0.412. The summed E-state index contributed by atoms with van der Waals surface area (Å²) in [5, 5.41) is 18.2. The van der Waals surface area contributed by atoms with Crippen molar-refractivity contribution >= 4 is 28.9 Å². The fraction of sp³-hybridized carbons (Fsp3) is 0.250. The van der Waals surface area contributed by atoms with Crippen LogP contribution in [0.4, 0.5) is 17.1 Å². The summed E-state index contributed by atoms with van der Waals surface area (Å²) < 4.78 is 1.64. The molecule has 1 aliphatic heterocycles. The molecule has 1 aliphatic rings. The molecule has 9 nitrogen and oxygen atoms in total. The third kappa shape index (κ3) is 4.93. The maximum absolute atomic E-state index is 12.6. The number of nitrogens with zero attached hydrogens (tertiary/aromatic N) is 5. The molecule has 0 saturated heterocycles. The van der Waals surface area contributed by atoms with Crippen LogP contribution in [-0.4, -0.2) is 38.1 Å². The molecule has 0 saturated carbocycles. The molecule has 5 rings (SSSR count). The Morgan fingerprint density at radius 2 is 1.65 bits per heavy atom. The van der Waals surface area contributed by atoms with Gasteiger partial charge in [0.25, 0.3) is 0 Å². The van der Waals surface area contributed by atoms with Crippen LogP contribution in [0.5, 0.6) is 0 Å². The first-order chi connectivity index (χ1) is 17.8. The molecular weight excluding hydrogens is 466 g/mol. The van der Waals surface area contributed by atoms with E-state index in [0.717, 1.165) is 45.7 Å². The molecule has 2 amide bonds. The summed E-state index contributed by atoms with van der Waals surface area (Å²) in [5.74, 6) is 0.611. The molecule has 0 spiro atoms. The van der Waals surface area contributed by atoms with Gasteiger partial charge in [0.15, 0.2) is 5.82 Å². The lowest BCUT2D eigenvalue weighted by Crippen LogP contribution is -2.43. The van der Waals surface area contributed by atoms with Crippen molar-refractivity contribution in [3.63, 3.8) is 0 Å². The normalized spacial score (nSPS) is 16.7. The van der Waals surface area contributed by atoms with Gasteiger partial charge in [-0.2, -0.15) is 0 Å². The Morgan fingerprint density at radius 1 is 0.919 bits per heavy atom. The van der Waals surface area contributed by atoms with Gasteiger partial charge in [-0.3, -0.25) is 9.59 Å². The second kappa shape index (κ2) is 9.85. The van der Waals surface area contributed by atoms with E-state index in [4.69, 9.17) is 0 Å². The van der Waals surface area contributed by atoms with Crippen LogP contribution in [0.3, 0.4) is 0 Å². The minimum atomic E-state index is -0.112. The summed E-state index contributed by atoms with van der Waals surface area (Å²) >= 11 is 0. The summed E-state index contributed by atoms with van der Waals surface area (Å²) in [5.41, 5.74) is 6.61. The third-order valence-electron chi connectivity index (χ3n) is 6.64. The van der Waals surface area contributed by atoms with E-state index in [2.05, 4.69) is 39.1 Å². The highest BCUT2D eigenvalue weighted by Gasteiger charge is 2.32. The number of hydrogen-bond acceptors (Lipinski definition) is 6. The molecule has 3 aromatic carbocycles. The molecule has 2 N–H and O–H groups in total. The average Bonchev–Trinajstić information content (AvgIpc) is 3.29. The molecule has 1 aromatic heterocycles. The zero-order chi connectivity index (χ0) is 26.1. The lowest BCUT2D eigenvalue weighted by molar-refractivity contribution is -0.117. The van der Waals surface area contributed by atoms with Crippen LogP contribution in [0.25, 0.3) is 22.5 Å². The van der Waals surface area contributed by atoms with Gasteiger partial charge in [0.2, 0.25) is 11.8 Å². The first kappa shape index (κ1) is 24.2. The second-order valence-corrected chi connectivity index (χ2v) is 9.41. The van der Waals surface area contributed by atoms with Crippen LogP contribution in [0.2, 0.25) is 0 Å². The van der Waals surface area contributed by atoms with Gasteiger partial charge in [0, 0.05) is 49.6 Å². The zero-order valence-electron chi connectivity index (χ0n) is 21.3. The molecule has 0 bridgehead atoms. The Morgan fingerprint density at radius 3 is 2.32 bits per heavy atom. The number of aromatic nitrogens is 4. The third-order valence-corrected chi connectivity index (χ3v) is 6.64. The summed E-state index contributed by atoms with van der Waals surface area (Å²) in [6.07, 6.45) is 0.761. The Balaban J connectivity index is 1.49. The molecule has 37 heavy (non-hydrogen) atoms. The van der Waals surface area contributed by atoms with Gasteiger partial charge in [-0.1, -0.05) is 18.2 Å². The SMILES string of the molecule is CC(=O)Nc1cccc(-c2ccc3c(c2)[C@H](Nc2ccc(-c4nnnn4C)cc2)C[C@H](C)N3C(C)=O)c1. The second-order valence-electron chi connectivity index (χ2n) is 9.41. The highest BCUT2D eigenvalue weighted by atomic mass is 16.2. The lowest BCUT2D eigenvalue weighted by atomic mass is 9.88. The smallest absolute Gasteiger partial charge is 0.224 e. The molecule has 188 valence electrons. The standard InChI is InChI=1S/C28H29N7O2/c1-17-14-26(30-23-11-8-20(9-12-23)28-31-32-33-34(28)4)25-16-22(10-13-27(25)35(17)19(3)37)21-6-5-7-24(15-21)29-18(2)36/h5-13,15-17,26,30H,14H2,1-4H3,(H,29,36)/t17-,26+/m0/s1. The Labute approximate surface area is 215 Å². The van der Waals surface area contributed by atoms with Gasteiger partial charge in [-0.25, -0.2) is 4.68 Å². The maximum Gasteiger partial charge on any atom is 0.224 e. The molecule has 0 fully saturated rings. The summed E-state index contributed by atoms with van der Waals surface area (Å²) in [6.45, 7) is 5.18. The zero-order valence-corrected chi connectivity index (χ0v) is 21.3.